The Morgan fingerprint density at radius 3 is 2.50 bits per heavy atom. The predicted octanol–water partition coefficient (Wildman–Crippen LogP) is 0.0814. The second kappa shape index (κ2) is 7.15. The monoisotopic (exact) mass is 312 g/mol. The molecular formula is C13H17BF3KO2. The summed E-state index contributed by atoms with van der Waals surface area (Å²) in [4.78, 5) is 0. The van der Waals surface area contributed by atoms with Gasteiger partial charge in [0.2, 0.25) is 0 Å². The van der Waals surface area contributed by atoms with E-state index in [9.17, 15) is 12.9 Å². The van der Waals surface area contributed by atoms with Crippen molar-refractivity contribution in [1.82, 2.24) is 0 Å². The molecule has 1 aromatic rings. The molecule has 0 spiro atoms. The SMILES string of the molecule is CC1(C)CCC(COc2ccccc2[B-](F)(F)F)O1.[K+]. The maximum absolute atomic E-state index is 12.8. The summed E-state index contributed by atoms with van der Waals surface area (Å²) in [6, 6.07) is 5.31. The molecule has 0 radical (unpaired) electrons. The molecule has 0 bridgehead atoms. The minimum atomic E-state index is -5.05. The molecule has 1 heterocycles. The maximum Gasteiger partial charge on any atom is 1.00 e. The van der Waals surface area contributed by atoms with E-state index in [1.807, 2.05) is 13.8 Å². The molecule has 1 atom stereocenters. The second-order valence-electron chi connectivity index (χ2n) is 5.46. The van der Waals surface area contributed by atoms with Gasteiger partial charge in [-0.25, -0.2) is 0 Å². The van der Waals surface area contributed by atoms with Gasteiger partial charge in [0, 0.05) is 0 Å². The van der Waals surface area contributed by atoms with Crippen molar-refractivity contribution in [2.24, 2.45) is 0 Å². The van der Waals surface area contributed by atoms with Gasteiger partial charge in [0.15, 0.2) is 0 Å². The van der Waals surface area contributed by atoms with E-state index in [1.165, 1.54) is 12.1 Å². The summed E-state index contributed by atoms with van der Waals surface area (Å²) in [5, 5.41) is 0. The third kappa shape index (κ3) is 5.03. The number of para-hydroxylation sites is 1. The van der Waals surface area contributed by atoms with E-state index in [0.29, 0.717) is 0 Å². The molecule has 0 N–H and O–H groups in total. The quantitative estimate of drug-likeness (QED) is 0.733. The molecule has 1 saturated heterocycles. The van der Waals surface area contributed by atoms with E-state index in [0.717, 1.165) is 18.9 Å². The van der Waals surface area contributed by atoms with Crippen LogP contribution in [0.4, 0.5) is 12.9 Å². The first-order valence-electron chi connectivity index (χ1n) is 6.37. The summed E-state index contributed by atoms with van der Waals surface area (Å²) in [7, 11) is 0. The van der Waals surface area contributed by atoms with Crippen LogP contribution in [0.25, 0.3) is 0 Å². The van der Waals surface area contributed by atoms with Crippen LogP contribution < -0.4 is 61.6 Å². The Labute approximate surface area is 159 Å². The van der Waals surface area contributed by atoms with Gasteiger partial charge in [0.1, 0.15) is 6.61 Å². The number of ether oxygens (including phenoxy) is 2. The topological polar surface area (TPSA) is 18.5 Å². The number of hydrogen-bond donors (Lipinski definition) is 0. The summed E-state index contributed by atoms with van der Waals surface area (Å²) in [5.74, 6) is -0.108. The molecule has 1 fully saturated rings. The van der Waals surface area contributed by atoms with Gasteiger partial charge in [-0.15, -0.1) is 0 Å². The number of hydrogen-bond acceptors (Lipinski definition) is 2. The minimum Gasteiger partial charge on any atom is -0.494 e. The van der Waals surface area contributed by atoms with Crippen molar-refractivity contribution in [3.63, 3.8) is 0 Å². The molecule has 106 valence electrons. The molecule has 0 aliphatic carbocycles. The third-order valence-corrected chi connectivity index (χ3v) is 3.25. The summed E-state index contributed by atoms with van der Waals surface area (Å²) in [6.07, 6.45) is 1.57. The van der Waals surface area contributed by atoms with Crippen molar-refractivity contribution in [2.75, 3.05) is 6.61 Å². The molecule has 1 aliphatic heterocycles. The van der Waals surface area contributed by atoms with Gasteiger partial charge in [-0.2, -0.15) is 0 Å². The van der Waals surface area contributed by atoms with Gasteiger partial charge in [-0.3, -0.25) is 0 Å². The van der Waals surface area contributed by atoms with E-state index in [2.05, 4.69) is 0 Å². The van der Waals surface area contributed by atoms with Crippen molar-refractivity contribution < 1.29 is 73.8 Å². The van der Waals surface area contributed by atoms with Gasteiger partial charge < -0.3 is 22.4 Å². The van der Waals surface area contributed by atoms with Gasteiger partial charge in [-0.05, 0) is 32.8 Å². The van der Waals surface area contributed by atoms with E-state index >= 15 is 0 Å². The average Bonchev–Trinajstić information content (AvgIpc) is 2.66. The van der Waals surface area contributed by atoms with Crippen LogP contribution in [0.2, 0.25) is 0 Å². The van der Waals surface area contributed by atoms with Crippen molar-refractivity contribution >= 4 is 12.4 Å². The van der Waals surface area contributed by atoms with Gasteiger partial charge in [-0.1, -0.05) is 23.7 Å². The fourth-order valence-electron chi connectivity index (χ4n) is 2.26. The molecule has 7 heteroatoms. The van der Waals surface area contributed by atoms with Crippen molar-refractivity contribution in [1.29, 1.82) is 0 Å². The predicted molar refractivity (Wildman–Crippen MR) is 68.8 cm³/mol. The van der Waals surface area contributed by atoms with Crippen molar-refractivity contribution in [3.8, 4) is 5.75 Å². The number of rotatable bonds is 4. The minimum absolute atomic E-state index is 0. The van der Waals surface area contributed by atoms with Crippen molar-refractivity contribution in [2.45, 2.75) is 38.4 Å². The smallest absolute Gasteiger partial charge is 0.494 e. The Kier molecular flexibility index (Phi) is 6.63. The Bertz CT molecular complexity index is 451. The Morgan fingerprint density at radius 2 is 1.95 bits per heavy atom. The summed E-state index contributed by atoms with van der Waals surface area (Å²) >= 11 is 0. The summed E-state index contributed by atoms with van der Waals surface area (Å²) in [6.45, 7) is -0.947. The zero-order valence-electron chi connectivity index (χ0n) is 12.0. The fourth-order valence-corrected chi connectivity index (χ4v) is 2.26. The first-order chi connectivity index (χ1) is 8.78. The van der Waals surface area contributed by atoms with Gasteiger partial charge in [0.25, 0.3) is 0 Å². The summed E-state index contributed by atoms with van der Waals surface area (Å²) in [5.41, 5.74) is -0.888. The van der Waals surface area contributed by atoms with Crippen LogP contribution in [0, 0.1) is 0 Å². The van der Waals surface area contributed by atoms with E-state index < -0.39 is 12.4 Å². The molecule has 1 unspecified atom stereocenters. The van der Waals surface area contributed by atoms with Crippen LogP contribution >= 0.6 is 0 Å². The van der Waals surface area contributed by atoms with E-state index in [1.54, 1.807) is 6.07 Å². The fraction of sp³-hybridized carbons (Fsp3) is 0.538. The van der Waals surface area contributed by atoms with Gasteiger partial charge >= 0.3 is 58.4 Å². The van der Waals surface area contributed by atoms with Crippen LogP contribution in [0.3, 0.4) is 0 Å². The number of halogens is 3. The molecule has 1 aliphatic rings. The van der Waals surface area contributed by atoms with Crippen LogP contribution in [-0.4, -0.2) is 25.3 Å². The molecule has 2 nitrogen and oxygen atoms in total. The Hall–Kier alpha value is 0.471. The van der Waals surface area contributed by atoms with Crippen LogP contribution in [0.15, 0.2) is 24.3 Å². The first kappa shape index (κ1) is 18.5. The second-order valence-corrected chi connectivity index (χ2v) is 5.46. The Morgan fingerprint density at radius 1 is 1.30 bits per heavy atom. The maximum atomic E-state index is 12.8. The molecule has 20 heavy (non-hydrogen) atoms. The standard InChI is InChI=1S/C13H17BF3O2.K/c1-13(2)8-7-10(19-13)9-18-12-6-4-3-5-11(12)14(15,16)17;/h3-6,10H,7-9H2,1-2H3;/q-1;+1. The molecule has 0 amide bonds. The Balaban J connectivity index is 0.00000200. The molecule has 0 saturated carbocycles. The van der Waals surface area contributed by atoms with E-state index in [4.69, 9.17) is 9.47 Å². The first-order valence-corrected chi connectivity index (χ1v) is 6.37. The molecule has 0 aromatic heterocycles. The molecule has 2 rings (SSSR count). The number of benzene rings is 1. The average molecular weight is 312 g/mol. The zero-order valence-corrected chi connectivity index (χ0v) is 15.2. The largest absolute Gasteiger partial charge is 1.00 e. The third-order valence-electron chi connectivity index (χ3n) is 3.25. The van der Waals surface area contributed by atoms with Gasteiger partial charge in [0.05, 0.1) is 17.5 Å². The molecule has 1 aromatic carbocycles. The van der Waals surface area contributed by atoms with Crippen LogP contribution in [-0.2, 0) is 4.74 Å². The van der Waals surface area contributed by atoms with Crippen LogP contribution in [0.5, 0.6) is 5.75 Å². The summed E-state index contributed by atoms with van der Waals surface area (Å²) < 4.78 is 49.5. The zero-order chi connectivity index (χ0) is 14.1. The van der Waals surface area contributed by atoms with E-state index in [-0.39, 0.29) is 75.4 Å². The molecular weight excluding hydrogens is 295 g/mol. The normalized spacial score (nSPS) is 21.4. The van der Waals surface area contributed by atoms with Crippen molar-refractivity contribution in [3.05, 3.63) is 24.3 Å². The van der Waals surface area contributed by atoms with Crippen LogP contribution in [0.1, 0.15) is 26.7 Å².